The molecule has 1 N–H and O–H groups in total. The molecule has 0 saturated heterocycles. The first kappa shape index (κ1) is 14.6. The summed E-state index contributed by atoms with van der Waals surface area (Å²) in [6.07, 6.45) is 10.7. The number of rotatable bonds is 4. The monoisotopic (exact) mass is 295 g/mol. The predicted octanol–water partition coefficient (Wildman–Crippen LogP) is 5.20. The largest absolute Gasteiger partial charge is 0.435 e. The number of anilines is 1. The summed E-state index contributed by atoms with van der Waals surface area (Å²) in [4.78, 5) is 0. The average molecular weight is 295 g/mol. The molecule has 0 aromatic heterocycles. The van der Waals surface area contributed by atoms with Gasteiger partial charge >= 0.3 is 6.61 Å². The van der Waals surface area contributed by atoms with Crippen LogP contribution in [0.3, 0.4) is 0 Å². The van der Waals surface area contributed by atoms with Crippen molar-refractivity contribution in [1.82, 2.24) is 0 Å². The second-order valence-corrected chi connectivity index (χ2v) is 6.53. The van der Waals surface area contributed by atoms with Crippen molar-refractivity contribution in [2.24, 2.45) is 5.41 Å². The van der Waals surface area contributed by atoms with Crippen LogP contribution in [0.2, 0.25) is 0 Å². The molecule has 0 heterocycles. The maximum atomic E-state index is 12.1. The summed E-state index contributed by atoms with van der Waals surface area (Å²) >= 11 is 0. The van der Waals surface area contributed by atoms with E-state index >= 15 is 0 Å². The van der Waals surface area contributed by atoms with Gasteiger partial charge in [0, 0.05) is 11.7 Å². The maximum Gasteiger partial charge on any atom is 0.387 e. The third-order valence-electron chi connectivity index (χ3n) is 5.16. The Morgan fingerprint density at radius 3 is 2.19 bits per heavy atom. The van der Waals surface area contributed by atoms with Gasteiger partial charge in [-0.2, -0.15) is 8.78 Å². The Morgan fingerprint density at radius 2 is 1.62 bits per heavy atom. The lowest BCUT2D eigenvalue weighted by Gasteiger charge is -2.37. The number of ether oxygens (including phenoxy) is 1. The lowest BCUT2D eigenvalue weighted by Crippen LogP contribution is -2.31. The number of alkyl halides is 2. The molecule has 4 heteroatoms. The second kappa shape index (κ2) is 6.20. The van der Waals surface area contributed by atoms with Gasteiger partial charge in [-0.3, -0.25) is 0 Å². The van der Waals surface area contributed by atoms with E-state index in [9.17, 15) is 8.78 Å². The van der Waals surface area contributed by atoms with Crippen LogP contribution in [0.4, 0.5) is 14.5 Å². The normalized spacial score (nSPS) is 21.9. The topological polar surface area (TPSA) is 21.3 Å². The first-order chi connectivity index (χ1) is 10.2. The maximum absolute atomic E-state index is 12.1. The molecule has 0 aliphatic heterocycles. The molecule has 0 unspecified atom stereocenters. The fraction of sp³-hybridized carbons (Fsp3) is 0.647. The molecule has 1 aromatic carbocycles. The van der Waals surface area contributed by atoms with E-state index in [1.807, 2.05) is 12.1 Å². The Morgan fingerprint density at radius 1 is 1.00 bits per heavy atom. The third kappa shape index (κ3) is 3.66. The molecular weight excluding hydrogens is 272 g/mol. The van der Waals surface area contributed by atoms with E-state index < -0.39 is 6.61 Å². The van der Waals surface area contributed by atoms with E-state index in [-0.39, 0.29) is 5.75 Å². The standard InChI is InChI=1S/C17H23F2NO/c18-16(19)21-15-5-3-13(4-6-15)20-14-7-11-17(12-8-14)9-1-2-10-17/h3-6,14,16,20H,1-2,7-12H2. The van der Waals surface area contributed by atoms with E-state index in [4.69, 9.17) is 0 Å². The van der Waals surface area contributed by atoms with Gasteiger partial charge in [0.1, 0.15) is 5.75 Å². The molecular formula is C17H23F2NO. The Kier molecular flexibility index (Phi) is 4.32. The van der Waals surface area contributed by atoms with Crippen LogP contribution in [-0.4, -0.2) is 12.7 Å². The lowest BCUT2D eigenvalue weighted by atomic mass is 9.71. The van der Waals surface area contributed by atoms with Crippen molar-refractivity contribution in [1.29, 1.82) is 0 Å². The summed E-state index contributed by atoms with van der Waals surface area (Å²) in [5.41, 5.74) is 1.64. The van der Waals surface area contributed by atoms with Crippen molar-refractivity contribution in [3.8, 4) is 5.75 Å². The number of benzene rings is 1. The van der Waals surface area contributed by atoms with Gasteiger partial charge in [0.15, 0.2) is 0 Å². The molecule has 0 amide bonds. The minimum Gasteiger partial charge on any atom is -0.435 e. The lowest BCUT2D eigenvalue weighted by molar-refractivity contribution is -0.0498. The third-order valence-corrected chi connectivity index (χ3v) is 5.16. The van der Waals surface area contributed by atoms with Gasteiger partial charge in [-0.15, -0.1) is 0 Å². The molecule has 2 aliphatic carbocycles. The van der Waals surface area contributed by atoms with Crippen LogP contribution in [0.25, 0.3) is 0 Å². The highest BCUT2D eigenvalue weighted by Crippen LogP contribution is 2.49. The molecule has 21 heavy (non-hydrogen) atoms. The summed E-state index contributed by atoms with van der Waals surface area (Å²) in [7, 11) is 0. The van der Waals surface area contributed by atoms with Crippen molar-refractivity contribution in [2.45, 2.75) is 64.0 Å². The molecule has 3 rings (SSSR count). The summed E-state index contributed by atoms with van der Waals surface area (Å²) in [6.45, 7) is -2.76. The first-order valence-corrected chi connectivity index (χ1v) is 7.97. The molecule has 2 aliphatic rings. The molecule has 2 fully saturated rings. The predicted molar refractivity (Wildman–Crippen MR) is 79.9 cm³/mol. The molecule has 1 aromatic rings. The van der Waals surface area contributed by atoms with Crippen molar-refractivity contribution in [3.05, 3.63) is 24.3 Å². The number of hydrogen-bond donors (Lipinski definition) is 1. The summed E-state index contributed by atoms with van der Waals surface area (Å²) in [6, 6.07) is 7.33. The number of nitrogens with one attached hydrogen (secondary N) is 1. The smallest absolute Gasteiger partial charge is 0.387 e. The quantitative estimate of drug-likeness (QED) is 0.824. The molecule has 0 bridgehead atoms. The van der Waals surface area contributed by atoms with Gasteiger partial charge in [-0.05, 0) is 68.2 Å². The van der Waals surface area contributed by atoms with Crippen molar-refractivity contribution in [3.63, 3.8) is 0 Å². The van der Waals surface area contributed by atoms with Crippen molar-refractivity contribution < 1.29 is 13.5 Å². The Hall–Kier alpha value is -1.32. The first-order valence-electron chi connectivity index (χ1n) is 7.97. The number of hydrogen-bond acceptors (Lipinski definition) is 2. The zero-order valence-electron chi connectivity index (χ0n) is 12.3. The summed E-state index contributed by atoms with van der Waals surface area (Å²) < 4.78 is 28.6. The molecule has 116 valence electrons. The van der Waals surface area contributed by atoms with Crippen molar-refractivity contribution in [2.75, 3.05) is 5.32 Å². The van der Waals surface area contributed by atoms with Crippen LogP contribution in [0.5, 0.6) is 5.75 Å². The van der Waals surface area contributed by atoms with Gasteiger partial charge < -0.3 is 10.1 Å². The fourth-order valence-corrected chi connectivity index (χ4v) is 3.97. The Labute approximate surface area is 124 Å². The minimum absolute atomic E-state index is 0.212. The molecule has 2 nitrogen and oxygen atoms in total. The van der Waals surface area contributed by atoms with E-state index in [0.717, 1.165) is 5.69 Å². The summed E-state index contributed by atoms with van der Waals surface area (Å²) in [5.74, 6) is 0.212. The Balaban J connectivity index is 1.51. The molecule has 2 saturated carbocycles. The highest BCUT2D eigenvalue weighted by Gasteiger charge is 2.37. The summed E-state index contributed by atoms with van der Waals surface area (Å²) in [5, 5.41) is 3.52. The van der Waals surface area contributed by atoms with Crippen LogP contribution in [-0.2, 0) is 0 Å². The van der Waals surface area contributed by atoms with E-state index in [0.29, 0.717) is 11.5 Å². The number of halogens is 2. The van der Waals surface area contributed by atoms with Crippen LogP contribution < -0.4 is 10.1 Å². The average Bonchev–Trinajstić information content (AvgIpc) is 2.92. The van der Waals surface area contributed by atoms with Gasteiger partial charge in [0.2, 0.25) is 0 Å². The van der Waals surface area contributed by atoms with E-state index in [1.54, 1.807) is 12.1 Å². The van der Waals surface area contributed by atoms with E-state index in [2.05, 4.69) is 10.1 Å². The highest BCUT2D eigenvalue weighted by molar-refractivity contribution is 5.47. The molecule has 0 radical (unpaired) electrons. The SMILES string of the molecule is FC(F)Oc1ccc(NC2CCC3(CCCC3)CC2)cc1. The Bertz CT molecular complexity index is 444. The second-order valence-electron chi connectivity index (χ2n) is 6.53. The highest BCUT2D eigenvalue weighted by atomic mass is 19.3. The minimum atomic E-state index is -2.76. The van der Waals surface area contributed by atoms with Gasteiger partial charge in [0.05, 0.1) is 0 Å². The fourth-order valence-electron chi connectivity index (χ4n) is 3.97. The zero-order chi connectivity index (χ0) is 14.7. The molecule has 1 spiro atoms. The van der Waals surface area contributed by atoms with Crippen LogP contribution in [0, 0.1) is 5.41 Å². The van der Waals surface area contributed by atoms with Gasteiger partial charge in [-0.25, -0.2) is 0 Å². The van der Waals surface area contributed by atoms with Gasteiger partial charge in [0.25, 0.3) is 0 Å². The van der Waals surface area contributed by atoms with Crippen LogP contribution in [0.15, 0.2) is 24.3 Å². The van der Waals surface area contributed by atoms with Crippen LogP contribution >= 0.6 is 0 Å². The zero-order valence-corrected chi connectivity index (χ0v) is 12.3. The van der Waals surface area contributed by atoms with Crippen LogP contribution in [0.1, 0.15) is 51.4 Å². The van der Waals surface area contributed by atoms with Crippen molar-refractivity contribution >= 4 is 5.69 Å². The molecule has 0 atom stereocenters. The van der Waals surface area contributed by atoms with Gasteiger partial charge in [-0.1, -0.05) is 12.8 Å². The van der Waals surface area contributed by atoms with E-state index in [1.165, 1.54) is 51.4 Å².